The Morgan fingerprint density at radius 2 is 1.08 bits per heavy atom. The number of carbonyl (C=O) groups excluding carboxylic acids is 2. The van der Waals surface area contributed by atoms with Gasteiger partial charge in [-0.15, -0.1) is 0 Å². The van der Waals surface area contributed by atoms with Crippen LogP contribution in [0.5, 0.6) is 0 Å². The maximum atomic E-state index is 13.0. The van der Waals surface area contributed by atoms with E-state index in [2.05, 4.69) is 20.0 Å². The fourth-order valence-corrected chi connectivity index (χ4v) is 4.63. The molecule has 3 aliphatic heterocycles. The van der Waals surface area contributed by atoms with E-state index in [1.54, 1.807) is 48.5 Å². The van der Waals surface area contributed by atoms with Gasteiger partial charge in [0.05, 0.1) is 33.9 Å². The summed E-state index contributed by atoms with van der Waals surface area (Å²) in [7, 11) is 0. The van der Waals surface area contributed by atoms with Crippen molar-refractivity contribution in [3.8, 4) is 0 Å². The third kappa shape index (κ3) is 4.74. The molecule has 0 aromatic heterocycles. The maximum Gasteiger partial charge on any atom is 0.282 e. The second-order valence-electron chi connectivity index (χ2n) is 8.72. The Morgan fingerprint density at radius 1 is 0.694 bits per heavy atom. The zero-order valence-corrected chi connectivity index (χ0v) is 21.4. The van der Waals surface area contributed by atoms with E-state index in [4.69, 9.17) is 23.2 Å². The topological polar surface area (TPSA) is 71.8 Å². The fraction of sp³-hybridized carbons (Fsp3) is 0.231. The fourth-order valence-electron chi connectivity index (χ4n) is 4.26. The Hall–Kier alpha value is -3.62. The first-order valence-electron chi connectivity index (χ1n) is 11.5. The van der Waals surface area contributed by atoms with Crippen molar-refractivity contribution >= 4 is 57.8 Å². The van der Waals surface area contributed by atoms with Gasteiger partial charge >= 0.3 is 0 Å². The lowest BCUT2D eigenvalue weighted by Gasteiger charge is -2.34. The highest BCUT2D eigenvalue weighted by Gasteiger charge is 2.31. The smallest absolute Gasteiger partial charge is 0.282 e. The van der Waals surface area contributed by atoms with Crippen LogP contribution >= 0.6 is 23.2 Å². The predicted molar refractivity (Wildman–Crippen MR) is 143 cm³/mol. The van der Waals surface area contributed by atoms with Crippen LogP contribution in [0.2, 0.25) is 10.0 Å². The summed E-state index contributed by atoms with van der Waals surface area (Å²) in [6, 6.07) is 14.1. The van der Waals surface area contributed by atoms with Crippen LogP contribution in [-0.2, 0) is 9.59 Å². The molecule has 5 rings (SSSR count). The molecule has 3 heterocycles. The Balaban J connectivity index is 1.24. The Kier molecular flexibility index (Phi) is 6.55. The summed E-state index contributed by atoms with van der Waals surface area (Å²) in [5, 5.41) is 12.7. The Bertz CT molecular complexity index is 1250. The Labute approximate surface area is 219 Å². The van der Waals surface area contributed by atoms with E-state index in [-0.39, 0.29) is 11.8 Å². The monoisotopic (exact) mass is 522 g/mol. The lowest BCUT2D eigenvalue weighted by atomic mass is 10.1. The van der Waals surface area contributed by atoms with Gasteiger partial charge in [-0.2, -0.15) is 20.2 Å². The van der Waals surface area contributed by atoms with Gasteiger partial charge < -0.3 is 9.80 Å². The van der Waals surface area contributed by atoms with Gasteiger partial charge in [-0.1, -0.05) is 35.3 Å². The lowest BCUT2D eigenvalue weighted by Crippen LogP contribution is -2.42. The summed E-state index contributed by atoms with van der Waals surface area (Å²) in [5.41, 5.74) is 3.72. The second kappa shape index (κ2) is 9.79. The number of rotatable bonds is 4. The first-order valence-corrected chi connectivity index (χ1v) is 12.3. The molecule has 36 heavy (non-hydrogen) atoms. The van der Waals surface area contributed by atoms with Crippen LogP contribution in [-0.4, -0.2) is 59.2 Å². The van der Waals surface area contributed by atoms with Gasteiger partial charge in [0.1, 0.15) is 0 Å². The second-order valence-corrected chi connectivity index (χ2v) is 9.59. The number of halogens is 2. The molecule has 2 aromatic carbocycles. The molecule has 10 heteroatoms. The average Bonchev–Trinajstić information content (AvgIpc) is 3.30. The van der Waals surface area contributed by atoms with Crippen LogP contribution in [0.25, 0.3) is 0 Å². The number of hydrazone groups is 2. The van der Waals surface area contributed by atoms with E-state index < -0.39 is 0 Å². The molecule has 0 aliphatic carbocycles. The molecule has 0 N–H and O–H groups in total. The molecule has 1 fully saturated rings. The number of benzene rings is 2. The number of anilines is 2. The maximum absolute atomic E-state index is 13.0. The highest BCUT2D eigenvalue weighted by atomic mass is 35.5. The number of piperazine rings is 1. The van der Waals surface area contributed by atoms with Crippen molar-refractivity contribution in [3.05, 3.63) is 82.1 Å². The van der Waals surface area contributed by atoms with Crippen molar-refractivity contribution in [1.29, 1.82) is 0 Å². The van der Waals surface area contributed by atoms with Crippen molar-refractivity contribution in [2.45, 2.75) is 13.8 Å². The molecule has 0 radical (unpaired) electrons. The van der Waals surface area contributed by atoms with Crippen LogP contribution in [0.3, 0.4) is 0 Å². The molecule has 0 atom stereocenters. The average molecular weight is 523 g/mol. The highest BCUT2D eigenvalue weighted by Crippen LogP contribution is 2.28. The highest BCUT2D eigenvalue weighted by molar-refractivity contribution is 6.33. The van der Waals surface area contributed by atoms with Gasteiger partial charge in [-0.25, -0.2) is 0 Å². The minimum absolute atomic E-state index is 0.177. The van der Waals surface area contributed by atoms with E-state index in [9.17, 15) is 9.59 Å². The molecule has 8 nitrogen and oxygen atoms in total. The standard InChI is InChI=1S/C26H24Cl2N6O2/c1-17-23(25(35)33(29-17)21-7-3-5-19(27)13-21)15-31-9-11-32(12-10-31)16-24-18(2)30-34(26(24)36)22-8-4-6-20(28)14-22/h3-8,13-16H,9-12H2,1-2H3. The van der Waals surface area contributed by atoms with E-state index in [0.29, 0.717) is 70.2 Å². The van der Waals surface area contributed by atoms with Gasteiger partial charge in [-0.05, 0) is 50.2 Å². The SMILES string of the molecule is CC1=NN(c2cccc(Cl)c2)C(=O)C1=CN1CCN(C=C2C(=O)N(c3cccc(Cl)c3)N=C2C)CC1. The molecule has 3 aliphatic rings. The van der Waals surface area contributed by atoms with E-state index in [0.717, 1.165) is 0 Å². The predicted octanol–water partition coefficient (Wildman–Crippen LogP) is 4.52. The number of hydrogen-bond donors (Lipinski definition) is 0. The minimum Gasteiger partial charge on any atom is -0.373 e. The molecule has 0 bridgehead atoms. The van der Waals surface area contributed by atoms with Gasteiger partial charge in [0.15, 0.2) is 0 Å². The van der Waals surface area contributed by atoms with Crippen molar-refractivity contribution in [1.82, 2.24) is 9.80 Å². The third-order valence-electron chi connectivity index (χ3n) is 6.20. The number of nitrogens with zero attached hydrogens (tertiary/aromatic N) is 6. The van der Waals surface area contributed by atoms with Crippen molar-refractivity contribution in [2.24, 2.45) is 10.2 Å². The zero-order chi connectivity index (χ0) is 25.4. The quantitative estimate of drug-likeness (QED) is 0.553. The summed E-state index contributed by atoms with van der Waals surface area (Å²) in [6.07, 6.45) is 3.76. The zero-order valence-electron chi connectivity index (χ0n) is 19.9. The van der Waals surface area contributed by atoms with Crippen molar-refractivity contribution < 1.29 is 9.59 Å². The van der Waals surface area contributed by atoms with Gasteiger partial charge in [0.25, 0.3) is 11.8 Å². The summed E-state index contributed by atoms with van der Waals surface area (Å²) in [6.45, 7) is 6.46. The van der Waals surface area contributed by atoms with Crippen molar-refractivity contribution in [3.63, 3.8) is 0 Å². The number of hydrogen-bond acceptors (Lipinski definition) is 6. The van der Waals surface area contributed by atoms with Crippen LogP contribution in [0, 0.1) is 0 Å². The van der Waals surface area contributed by atoms with Gasteiger partial charge in [-0.3, -0.25) is 9.59 Å². The lowest BCUT2D eigenvalue weighted by molar-refractivity contribution is -0.115. The summed E-state index contributed by atoms with van der Waals surface area (Å²) in [5.74, 6) is -0.354. The largest absolute Gasteiger partial charge is 0.373 e. The first kappa shape index (κ1) is 24.1. The van der Waals surface area contributed by atoms with E-state index in [1.807, 2.05) is 26.2 Å². The molecular weight excluding hydrogens is 499 g/mol. The van der Waals surface area contributed by atoms with Crippen molar-refractivity contribution in [2.75, 3.05) is 36.2 Å². The molecule has 0 spiro atoms. The van der Waals surface area contributed by atoms with E-state index in [1.165, 1.54) is 10.0 Å². The normalized spacial score (nSPS) is 20.7. The summed E-state index contributed by atoms with van der Waals surface area (Å²) >= 11 is 12.2. The number of amides is 2. The molecule has 184 valence electrons. The first-order chi connectivity index (χ1) is 17.3. The van der Waals surface area contributed by atoms with Crippen LogP contribution in [0.4, 0.5) is 11.4 Å². The van der Waals surface area contributed by atoms with Gasteiger partial charge in [0, 0.05) is 48.6 Å². The third-order valence-corrected chi connectivity index (χ3v) is 6.67. The molecule has 2 aromatic rings. The van der Waals surface area contributed by atoms with Crippen LogP contribution < -0.4 is 10.0 Å². The Morgan fingerprint density at radius 3 is 1.44 bits per heavy atom. The molecule has 0 saturated carbocycles. The molecule has 1 saturated heterocycles. The summed E-state index contributed by atoms with van der Waals surface area (Å²) in [4.78, 5) is 30.3. The minimum atomic E-state index is -0.177. The van der Waals surface area contributed by atoms with Crippen LogP contribution in [0.15, 0.2) is 82.3 Å². The molecule has 2 amide bonds. The molecule has 0 unspecified atom stereocenters. The van der Waals surface area contributed by atoms with Gasteiger partial charge in [0.2, 0.25) is 0 Å². The molecular formula is C26H24Cl2N6O2. The summed E-state index contributed by atoms with van der Waals surface area (Å²) < 4.78 is 0. The van der Waals surface area contributed by atoms with E-state index >= 15 is 0 Å². The van der Waals surface area contributed by atoms with Crippen LogP contribution in [0.1, 0.15) is 13.8 Å². The number of carbonyl (C=O) groups is 2.